The first-order valence-electron chi connectivity index (χ1n) is 9.82. The van der Waals surface area contributed by atoms with E-state index in [0.717, 1.165) is 25.0 Å². The van der Waals surface area contributed by atoms with Crippen molar-refractivity contribution in [2.75, 3.05) is 13.1 Å². The lowest BCUT2D eigenvalue weighted by atomic mass is 9.96. The molecule has 148 valence electrons. The molecule has 1 N–H and O–H groups in total. The van der Waals surface area contributed by atoms with Crippen molar-refractivity contribution in [1.29, 1.82) is 0 Å². The number of carbonyl (C=O) groups excluding carboxylic acids is 2. The second kappa shape index (κ2) is 9.97. The van der Waals surface area contributed by atoms with E-state index < -0.39 is 0 Å². The van der Waals surface area contributed by atoms with Crippen molar-refractivity contribution in [1.82, 2.24) is 15.2 Å². The van der Waals surface area contributed by atoms with Crippen molar-refractivity contribution in [3.8, 4) is 0 Å². The van der Waals surface area contributed by atoms with Gasteiger partial charge in [0, 0.05) is 43.5 Å². The number of pyridine rings is 1. The maximum Gasteiger partial charge on any atom is 0.224 e. The van der Waals surface area contributed by atoms with Crippen LogP contribution in [0.2, 0.25) is 0 Å². The molecule has 0 spiro atoms. The molecule has 3 rings (SSSR count). The molecule has 1 fully saturated rings. The van der Waals surface area contributed by atoms with Crippen molar-refractivity contribution in [2.24, 2.45) is 5.92 Å². The van der Waals surface area contributed by atoms with Gasteiger partial charge in [0.15, 0.2) is 0 Å². The Morgan fingerprint density at radius 2 is 2.00 bits per heavy atom. The molecule has 0 radical (unpaired) electrons. The largest absolute Gasteiger partial charge is 0.356 e. The Bertz CT molecular complexity index is 797. The lowest BCUT2D eigenvalue weighted by Gasteiger charge is -2.32. The number of rotatable bonds is 8. The SMILES string of the molecule is O=C(NCCCCc1ccccn1)[C@H]1CCC(=O)N(Cc2ccccc2F)C1. The highest BCUT2D eigenvalue weighted by Crippen LogP contribution is 2.21. The summed E-state index contributed by atoms with van der Waals surface area (Å²) in [5.41, 5.74) is 1.54. The van der Waals surface area contributed by atoms with Gasteiger partial charge >= 0.3 is 0 Å². The van der Waals surface area contributed by atoms with Gasteiger partial charge in [0.25, 0.3) is 0 Å². The first-order valence-corrected chi connectivity index (χ1v) is 9.82. The predicted molar refractivity (Wildman–Crippen MR) is 105 cm³/mol. The second-order valence-electron chi connectivity index (χ2n) is 7.17. The summed E-state index contributed by atoms with van der Waals surface area (Å²) in [6.07, 6.45) is 5.39. The molecule has 2 aromatic rings. The molecule has 1 aromatic carbocycles. The predicted octanol–water partition coefficient (Wildman–Crippen LogP) is 3.10. The van der Waals surface area contributed by atoms with Gasteiger partial charge in [-0.15, -0.1) is 0 Å². The monoisotopic (exact) mass is 383 g/mol. The number of carbonyl (C=O) groups is 2. The summed E-state index contributed by atoms with van der Waals surface area (Å²) in [7, 11) is 0. The molecule has 1 saturated heterocycles. The van der Waals surface area contributed by atoms with Crippen LogP contribution in [0.4, 0.5) is 4.39 Å². The summed E-state index contributed by atoms with van der Waals surface area (Å²) >= 11 is 0. The van der Waals surface area contributed by atoms with E-state index in [1.807, 2.05) is 18.2 Å². The van der Waals surface area contributed by atoms with Gasteiger partial charge in [0.1, 0.15) is 5.82 Å². The van der Waals surface area contributed by atoms with Gasteiger partial charge in [-0.2, -0.15) is 0 Å². The van der Waals surface area contributed by atoms with Crippen LogP contribution < -0.4 is 5.32 Å². The van der Waals surface area contributed by atoms with Gasteiger partial charge in [-0.1, -0.05) is 24.3 Å². The molecule has 5 nitrogen and oxygen atoms in total. The average Bonchev–Trinajstić information content (AvgIpc) is 2.71. The first-order chi connectivity index (χ1) is 13.6. The number of likely N-dealkylation sites (tertiary alicyclic amines) is 1. The van der Waals surface area contributed by atoms with E-state index in [0.29, 0.717) is 31.5 Å². The highest BCUT2D eigenvalue weighted by atomic mass is 19.1. The van der Waals surface area contributed by atoms with Crippen LogP contribution in [-0.4, -0.2) is 34.8 Å². The van der Waals surface area contributed by atoms with E-state index >= 15 is 0 Å². The zero-order valence-corrected chi connectivity index (χ0v) is 15.9. The Labute approximate surface area is 165 Å². The van der Waals surface area contributed by atoms with Crippen LogP contribution in [-0.2, 0) is 22.6 Å². The van der Waals surface area contributed by atoms with Crippen molar-refractivity contribution in [2.45, 2.75) is 38.6 Å². The smallest absolute Gasteiger partial charge is 0.224 e. The van der Waals surface area contributed by atoms with Gasteiger partial charge in [0.2, 0.25) is 11.8 Å². The number of halogens is 1. The summed E-state index contributed by atoms with van der Waals surface area (Å²) < 4.78 is 13.9. The van der Waals surface area contributed by atoms with Crippen LogP contribution in [0.1, 0.15) is 36.9 Å². The van der Waals surface area contributed by atoms with E-state index in [4.69, 9.17) is 0 Å². The second-order valence-corrected chi connectivity index (χ2v) is 7.17. The van der Waals surface area contributed by atoms with E-state index in [-0.39, 0.29) is 30.1 Å². The molecule has 0 saturated carbocycles. The van der Waals surface area contributed by atoms with Crippen LogP contribution >= 0.6 is 0 Å². The van der Waals surface area contributed by atoms with Crippen molar-refractivity contribution < 1.29 is 14.0 Å². The Balaban J connectivity index is 1.42. The third-order valence-electron chi connectivity index (χ3n) is 5.08. The fraction of sp³-hybridized carbons (Fsp3) is 0.409. The summed E-state index contributed by atoms with van der Waals surface area (Å²) in [6, 6.07) is 12.3. The Hall–Kier alpha value is -2.76. The zero-order chi connectivity index (χ0) is 19.8. The quantitative estimate of drug-likeness (QED) is 0.713. The van der Waals surface area contributed by atoms with Crippen LogP contribution in [0.15, 0.2) is 48.7 Å². The minimum absolute atomic E-state index is 0.0242. The molecule has 6 heteroatoms. The highest BCUT2D eigenvalue weighted by Gasteiger charge is 2.30. The molecular weight excluding hydrogens is 357 g/mol. The number of aryl methyl sites for hydroxylation is 1. The van der Waals surface area contributed by atoms with Crippen molar-refractivity contribution >= 4 is 11.8 Å². The molecule has 0 bridgehead atoms. The van der Waals surface area contributed by atoms with Crippen LogP contribution in [0.3, 0.4) is 0 Å². The minimum Gasteiger partial charge on any atom is -0.356 e. The molecule has 0 unspecified atom stereocenters. The number of piperidine rings is 1. The van der Waals surface area contributed by atoms with Crippen LogP contribution in [0, 0.1) is 11.7 Å². The average molecular weight is 383 g/mol. The summed E-state index contributed by atoms with van der Waals surface area (Å²) in [6.45, 7) is 1.16. The molecule has 1 aromatic heterocycles. The van der Waals surface area contributed by atoms with Gasteiger partial charge in [-0.3, -0.25) is 14.6 Å². The van der Waals surface area contributed by atoms with E-state index in [1.165, 1.54) is 6.07 Å². The number of benzene rings is 1. The Kier molecular flexibility index (Phi) is 7.12. The number of nitrogens with zero attached hydrogens (tertiary/aromatic N) is 2. The standard InChI is InChI=1S/C22H26FN3O2/c23-20-10-2-1-7-17(20)15-26-16-18(11-12-21(26)27)22(28)25-14-6-4-9-19-8-3-5-13-24-19/h1-3,5,7-8,10,13,18H,4,6,9,11-12,14-16H2,(H,25,28)/t18-/m0/s1. The van der Waals surface area contributed by atoms with E-state index in [1.54, 1.807) is 29.3 Å². The van der Waals surface area contributed by atoms with Gasteiger partial charge in [-0.25, -0.2) is 4.39 Å². The number of hydrogen-bond acceptors (Lipinski definition) is 3. The van der Waals surface area contributed by atoms with Crippen molar-refractivity contribution in [3.63, 3.8) is 0 Å². The number of aromatic nitrogens is 1. The fourth-order valence-electron chi connectivity index (χ4n) is 3.45. The molecule has 2 amide bonds. The van der Waals surface area contributed by atoms with Crippen LogP contribution in [0.25, 0.3) is 0 Å². The Morgan fingerprint density at radius 3 is 2.79 bits per heavy atom. The maximum absolute atomic E-state index is 13.9. The molecule has 28 heavy (non-hydrogen) atoms. The number of nitrogens with one attached hydrogen (secondary N) is 1. The molecular formula is C22H26FN3O2. The van der Waals surface area contributed by atoms with Gasteiger partial charge < -0.3 is 10.2 Å². The highest BCUT2D eigenvalue weighted by molar-refractivity contribution is 5.83. The summed E-state index contributed by atoms with van der Waals surface area (Å²) in [5, 5.41) is 2.98. The molecule has 0 aliphatic carbocycles. The number of amides is 2. The summed E-state index contributed by atoms with van der Waals surface area (Å²) in [4.78, 5) is 30.5. The third-order valence-corrected chi connectivity index (χ3v) is 5.08. The Morgan fingerprint density at radius 1 is 1.18 bits per heavy atom. The number of hydrogen-bond donors (Lipinski definition) is 1. The van der Waals surface area contributed by atoms with Crippen LogP contribution in [0.5, 0.6) is 0 Å². The van der Waals surface area contributed by atoms with E-state index in [2.05, 4.69) is 10.3 Å². The minimum atomic E-state index is -0.324. The lowest BCUT2D eigenvalue weighted by molar-refractivity contribution is -0.138. The van der Waals surface area contributed by atoms with Crippen molar-refractivity contribution in [3.05, 3.63) is 65.7 Å². The molecule has 1 aliphatic heterocycles. The molecule has 2 heterocycles. The zero-order valence-electron chi connectivity index (χ0n) is 15.9. The van der Waals surface area contributed by atoms with Gasteiger partial charge in [0.05, 0.1) is 5.92 Å². The first kappa shape index (κ1) is 20.0. The third kappa shape index (κ3) is 5.62. The van der Waals surface area contributed by atoms with Gasteiger partial charge in [-0.05, 0) is 43.9 Å². The fourth-order valence-corrected chi connectivity index (χ4v) is 3.45. The summed E-state index contributed by atoms with van der Waals surface area (Å²) in [5.74, 6) is -0.610. The topological polar surface area (TPSA) is 62.3 Å². The molecule has 1 aliphatic rings. The molecule has 1 atom stereocenters. The lowest BCUT2D eigenvalue weighted by Crippen LogP contribution is -2.45. The normalized spacial score (nSPS) is 16.8. The maximum atomic E-state index is 13.9. The number of unbranched alkanes of at least 4 members (excludes halogenated alkanes) is 1. The van der Waals surface area contributed by atoms with E-state index in [9.17, 15) is 14.0 Å².